The van der Waals surface area contributed by atoms with Gasteiger partial charge in [-0.3, -0.25) is 14.4 Å². The number of amides is 2. The second kappa shape index (κ2) is 14.3. The highest BCUT2D eigenvalue weighted by atomic mass is 19.4. The summed E-state index contributed by atoms with van der Waals surface area (Å²) < 4.78 is 90.0. The van der Waals surface area contributed by atoms with Gasteiger partial charge < -0.3 is 10.6 Å². The summed E-state index contributed by atoms with van der Waals surface area (Å²) in [6.07, 6.45) is -0.161. The van der Waals surface area contributed by atoms with Gasteiger partial charge in [0.15, 0.2) is 17.6 Å². The lowest BCUT2D eigenvalue weighted by Crippen LogP contribution is -2.38. The number of hydrogen-bond acceptors (Lipinski definition) is 8. The first kappa shape index (κ1) is 33.8. The number of halogens is 7. The second-order valence-corrected chi connectivity index (χ2v) is 11.0. The Kier molecular flexibility index (Phi) is 10.7. The van der Waals surface area contributed by atoms with Crippen LogP contribution in [0.1, 0.15) is 84.7 Å². The van der Waals surface area contributed by atoms with Crippen molar-refractivity contribution in [1.29, 1.82) is 0 Å². The molecule has 3 fully saturated rings. The van der Waals surface area contributed by atoms with E-state index in [1.54, 1.807) is 12.3 Å². The van der Waals surface area contributed by atoms with E-state index in [0.29, 0.717) is 35.4 Å². The Morgan fingerprint density at radius 2 is 1.87 bits per heavy atom. The number of nitrogens with zero attached hydrogens (tertiary/aromatic N) is 5. The van der Waals surface area contributed by atoms with E-state index in [0.717, 1.165) is 19.3 Å². The summed E-state index contributed by atoms with van der Waals surface area (Å²) in [5, 5.41) is 16.4. The van der Waals surface area contributed by atoms with Crippen LogP contribution in [0.3, 0.4) is 0 Å². The van der Waals surface area contributed by atoms with E-state index >= 15 is 0 Å². The molecule has 6 rings (SSSR count). The van der Waals surface area contributed by atoms with Gasteiger partial charge in [-0.2, -0.15) is 18.3 Å². The summed E-state index contributed by atoms with van der Waals surface area (Å²) in [4.78, 5) is 37.4. The Morgan fingerprint density at radius 1 is 1.18 bits per heavy atom. The molecule has 0 radical (unpaired) electrons. The average Bonchev–Trinajstić information content (AvgIpc) is 3.37. The van der Waals surface area contributed by atoms with E-state index in [2.05, 4.69) is 30.3 Å². The van der Waals surface area contributed by atoms with Gasteiger partial charge in [0.05, 0.1) is 24.6 Å². The highest BCUT2D eigenvalue weighted by molar-refractivity contribution is 5.93. The zero-order valence-electron chi connectivity index (χ0n) is 23.7. The molecule has 11 nitrogen and oxygen atoms in total. The number of nitrogens with one attached hydrogen (secondary N) is 2. The van der Waals surface area contributed by atoms with E-state index in [1.807, 2.05) is 5.32 Å². The zero-order valence-corrected chi connectivity index (χ0v) is 23.7. The Labute approximate surface area is 251 Å². The fourth-order valence-electron chi connectivity index (χ4n) is 4.88. The standard InChI is InChI=1S/C19H18F3N7O3.C6H10F2.C2H2F2O/c20-19(21,22)13-5-11(17(30)26-13)3-9-4-14-25-12(8-29(14)24-6-9)7-23-18(31)16-15(10-1-2-10)27-32-28-16;7-6(8)4-2-1-3-5-6;3-2(4)1-5/h4,6,8,10-11,13H,1-3,5,7H2,(H,23,31)(H,26,30);1-5H2;1-2H/t11-,13?;;/m0../s1. The second-order valence-electron chi connectivity index (χ2n) is 11.0. The molecule has 18 heteroatoms. The first-order valence-corrected chi connectivity index (χ1v) is 14.2. The number of carbonyl (C=O) groups is 3. The molecule has 1 aliphatic heterocycles. The molecule has 2 atom stereocenters. The normalized spacial score (nSPS) is 20.9. The molecule has 3 aromatic heterocycles. The molecule has 1 unspecified atom stereocenters. The smallest absolute Gasteiger partial charge is 0.345 e. The number of rotatable bonds is 7. The predicted molar refractivity (Wildman–Crippen MR) is 140 cm³/mol. The first-order valence-electron chi connectivity index (χ1n) is 14.2. The molecule has 3 aromatic rings. The lowest BCUT2D eigenvalue weighted by atomic mass is 9.97. The van der Waals surface area contributed by atoms with Crippen LogP contribution in [0.15, 0.2) is 23.1 Å². The molecule has 2 aliphatic carbocycles. The maximum absolute atomic E-state index is 12.9. The van der Waals surface area contributed by atoms with Crippen LogP contribution in [0.5, 0.6) is 0 Å². The Hall–Kier alpha value is -4.12. The molecule has 1 saturated heterocycles. The summed E-state index contributed by atoms with van der Waals surface area (Å²) in [6.45, 7) is 0.118. The Bertz CT molecular complexity index is 1470. The van der Waals surface area contributed by atoms with Crippen LogP contribution in [0.25, 0.3) is 5.65 Å². The third kappa shape index (κ3) is 9.68. The summed E-state index contributed by atoms with van der Waals surface area (Å²) in [5.74, 6) is -3.92. The van der Waals surface area contributed by atoms with Gasteiger partial charge in [-0.15, -0.1) is 0 Å². The van der Waals surface area contributed by atoms with Crippen molar-refractivity contribution in [2.45, 2.75) is 94.8 Å². The van der Waals surface area contributed by atoms with Gasteiger partial charge in [0, 0.05) is 24.7 Å². The van der Waals surface area contributed by atoms with Crippen molar-refractivity contribution in [1.82, 2.24) is 35.5 Å². The van der Waals surface area contributed by atoms with Crippen molar-refractivity contribution < 1.29 is 49.7 Å². The fraction of sp³-hybridized carbons (Fsp3) is 0.593. The fourth-order valence-corrected chi connectivity index (χ4v) is 4.88. The Morgan fingerprint density at radius 3 is 2.42 bits per heavy atom. The average molecular weight is 650 g/mol. The van der Waals surface area contributed by atoms with E-state index in [1.165, 1.54) is 10.7 Å². The molecule has 0 spiro atoms. The minimum Gasteiger partial charge on any atom is -0.345 e. The molecular weight excluding hydrogens is 619 g/mol. The molecule has 0 aromatic carbocycles. The van der Waals surface area contributed by atoms with Crippen molar-refractivity contribution in [2.24, 2.45) is 5.92 Å². The van der Waals surface area contributed by atoms with E-state index in [-0.39, 0.29) is 43.8 Å². The van der Waals surface area contributed by atoms with Crippen LogP contribution in [-0.2, 0) is 22.6 Å². The van der Waals surface area contributed by atoms with Crippen molar-refractivity contribution >= 4 is 23.7 Å². The number of aromatic nitrogens is 5. The van der Waals surface area contributed by atoms with Crippen molar-refractivity contribution in [3.8, 4) is 0 Å². The van der Waals surface area contributed by atoms with Crippen LogP contribution < -0.4 is 10.6 Å². The number of carbonyl (C=O) groups excluding carboxylic acids is 3. The summed E-state index contributed by atoms with van der Waals surface area (Å²) in [7, 11) is 0. The maximum Gasteiger partial charge on any atom is 0.408 e. The minimum absolute atomic E-state index is 0.118. The lowest BCUT2D eigenvalue weighted by molar-refractivity contribution is -0.154. The van der Waals surface area contributed by atoms with Crippen molar-refractivity contribution in [3.05, 3.63) is 41.1 Å². The molecule has 4 heterocycles. The summed E-state index contributed by atoms with van der Waals surface area (Å²) in [5.41, 5.74) is 2.32. The molecule has 2 saturated carbocycles. The highest BCUT2D eigenvalue weighted by Gasteiger charge is 2.47. The SMILES string of the molecule is FC1(F)CCCCC1.O=C(NCc1cn2ncc(C[C@H]3CC(C(F)(F)F)NC3=O)cc2n1)c1nonc1C1CC1.O=CC(F)F. The summed E-state index contributed by atoms with van der Waals surface area (Å²) >= 11 is 0. The van der Waals surface area contributed by atoms with Crippen LogP contribution in [0.4, 0.5) is 30.7 Å². The van der Waals surface area contributed by atoms with Crippen LogP contribution in [-0.4, -0.2) is 67.6 Å². The minimum atomic E-state index is -4.46. The van der Waals surface area contributed by atoms with Crippen LogP contribution in [0.2, 0.25) is 0 Å². The number of aldehydes is 1. The van der Waals surface area contributed by atoms with Gasteiger partial charge in [-0.1, -0.05) is 11.6 Å². The molecule has 45 heavy (non-hydrogen) atoms. The van der Waals surface area contributed by atoms with E-state index in [9.17, 15) is 40.3 Å². The van der Waals surface area contributed by atoms with Crippen molar-refractivity contribution in [2.75, 3.05) is 0 Å². The third-order valence-electron chi connectivity index (χ3n) is 7.32. The monoisotopic (exact) mass is 649 g/mol. The van der Waals surface area contributed by atoms with Gasteiger partial charge in [-0.05, 0) is 55.3 Å². The quantitative estimate of drug-likeness (QED) is 0.280. The topological polar surface area (TPSA) is 144 Å². The number of fused-ring (bicyclic) bond motifs is 1. The predicted octanol–water partition coefficient (Wildman–Crippen LogP) is 4.57. The summed E-state index contributed by atoms with van der Waals surface area (Å²) in [6, 6.07) is -0.155. The van der Waals surface area contributed by atoms with Crippen LogP contribution in [0, 0.1) is 5.92 Å². The van der Waals surface area contributed by atoms with Gasteiger partial charge in [0.2, 0.25) is 11.8 Å². The molecule has 246 valence electrons. The molecule has 0 bridgehead atoms. The highest BCUT2D eigenvalue weighted by Crippen LogP contribution is 2.40. The zero-order chi connectivity index (χ0) is 32.8. The Balaban J connectivity index is 0.000000296. The molecular formula is C27H30F7N7O4. The number of hydrogen-bond donors (Lipinski definition) is 2. The van der Waals surface area contributed by atoms with E-state index < -0.39 is 48.6 Å². The molecule has 2 N–H and O–H groups in total. The van der Waals surface area contributed by atoms with E-state index in [4.69, 9.17) is 4.79 Å². The number of alkyl halides is 7. The third-order valence-corrected chi connectivity index (χ3v) is 7.32. The van der Waals surface area contributed by atoms with Gasteiger partial charge >= 0.3 is 6.18 Å². The van der Waals surface area contributed by atoms with Gasteiger partial charge in [0.25, 0.3) is 12.3 Å². The van der Waals surface area contributed by atoms with Crippen LogP contribution >= 0.6 is 0 Å². The first-order chi connectivity index (χ1) is 21.3. The molecule has 3 aliphatic rings. The number of imidazole rings is 1. The maximum atomic E-state index is 12.9. The largest absolute Gasteiger partial charge is 0.408 e. The van der Waals surface area contributed by atoms with Crippen molar-refractivity contribution in [3.63, 3.8) is 0 Å². The van der Waals surface area contributed by atoms with Gasteiger partial charge in [0.1, 0.15) is 11.7 Å². The van der Waals surface area contributed by atoms with Gasteiger partial charge in [-0.25, -0.2) is 31.7 Å². The lowest BCUT2D eigenvalue weighted by Gasteiger charge is -2.20. The molecule has 2 amide bonds.